The van der Waals surface area contributed by atoms with Gasteiger partial charge in [-0.3, -0.25) is 10.1 Å². The molecular weight excluding hydrogens is 298 g/mol. The maximum absolute atomic E-state index is 10.9. The molecule has 0 radical (unpaired) electrons. The van der Waals surface area contributed by atoms with Crippen LogP contribution in [0.3, 0.4) is 0 Å². The summed E-state index contributed by atoms with van der Waals surface area (Å²) in [6, 6.07) is 2.98. The average molecular weight is 310 g/mol. The molecule has 0 unspecified atom stereocenters. The molecule has 0 atom stereocenters. The zero-order valence-electron chi connectivity index (χ0n) is 11.0. The fourth-order valence-corrected chi connectivity index (χ4v) is 2.44. The van der Waals surface area contributed by atoms with Crippen molar-refractivity contribution in [3.63, 3.8) is 0 Å². The highest BCUT2D eigenvalue weighted by Gasteiger charge is 2.19. The summed E-state index contributed by atoms with van der Waals surface area (Å²) in [6.45, 7) is 2.65. The molecule has 0 aliphatic carbocycles. The molecule has 8 nitrogen and oxygen atoms in total. The highest BCUT2D eigenvalue weighted by Crippen LogP contribution is 2.31. The minimum Gasteiger partial charge on any atom is -0.378 e. The van der Waals surface area contributed by atoms with Gasteiger partial charge < -0.3 is 15.4 Å². The van der Waals surface area contributed by atoms with Crippen molar-refractivity contribution in [2.45, 2.75) is 0 Å². The topological polar surface area (TPSA) is 107 Å². The van der Waals surface area contributed by atoms with Crippen molar-refractivity contribution in [2.24, 2.45) is 0 Å². The maximum Gasteiger partial charge on any atom is 0.311 e. The monoisotopic (exact) mass is 309 g/mol. The van der Waals surface area contributed by atoms with Crippen LogP contribution in [0, 0.1) is 10.1 Å². The first-order valence-electron chi connectivity index (χ1n) is 6.30. The van der Waals surface area contributed by atoms with Gasteiger partial charge in [0, 0.05) is 30.6 Å². The fraction of sp³-hybridized carbons (Fsp3) is 0.333. The molecule has 1 fully saturated rings. The molecule has 0 aromatic carbocycles. The lowest BCUT2D eigenvalue weighted by molar-refractivity contribution is -0.384. The molecule has 9 heteroatoms. The van der Waals surface area contributed by atoms with E-state index in [1.165, 1.54) is 6.07 Å². The first-order valence-corrected chi connectivity index (χ1v) is 6.68. The summed E-state index contributed by atoms with van der Waals surface area (Å²) in [4.78, 5) is 20.7. The number of ether oxygens (including phenoxy) is 1. The maximum atomic E-state index is 10.9. The molecule has 0 amide bonds. The van der Waals surface area contributed by atoms with Crippen LogP contribution in [0.1, 0.15) is 0 Å². The standard InChI is InChI=1S/C12H12ClN5O3/c13-8-6-10(17-1-3-21-4-2-17)15-12-7(8)5-9(18(19)20)11(14)16-12/h5-6H,1-4H2,(H2,14,15,16). The summed E-state index contributed by atoms with van der Waals surface area (Å²) in [5, 5.41) is 11.7. The van der Waals surface area contributed by atoms with Crippen LogP contribution in [0.15, 0.2) is 12.1 Å². The Labute approximate surface area is 124 Å². The van der Waals surface area contributed by atoms with Crippen molar-refractivity contribution in [3.8, 4) is 0 Å². The Morgan fingerprint density at radius 3 is 2.71 bits per heavy atom. The third kappa shape index (κ3) is 2.55. The van der Waals surface area contributed by atoms with Gasteiger partial charge in [0.1, 0.15) is 5.82 Å². The number of anilines is 2. The van der Waals surface area contributed by atoms with Crippen LogP contribution in [0.4, 0.5) is 17.3 Å². The van der Waals surface area contributed by atoms with E-state index in [1.54, 1.807) is 6.07 Å². The van der Waals surface area contributed by atoms with E-state index in [9.17, 15) is 10.1 Å². The van der Waals surface area contributed by atoms with E-state index in [0.29, 0.717) is 48.2 Å². The van der Waals surface area contributed by atoms with Crippen molar-refractivity contribution >= 4 is 40.0 Å². The quantitative estimate of drug-likeness (QED) is 0.663. The second-order valence-corrected chi connectivity index (χ2v) is 4.99. The molecule has 2 aromatic rings. The molecule has 0 spiro atoms. The Morgan fingerprint density at radius 1 is 1.33 bits per heavy atom. The summed E-state index contributed by atoms with van der Waals surface area (Å²) >= 11 is 6.21. The fourth-order valence-electron chi connectivity index (χ4n) is 2.20. The lowest BCUT2D eigenvalue weighted by atomic mass is 10.2. The molecular formula is C12H12ClN5O3. The van der Waals surface area contributed by atoms with Crippen molar-refractivity contribution in [1.29, 1.82) is 0 Å². The normalized spacial score (nSPS) is 15.4. The van der Waals surface area contributed by atoms with Crippen LogP contribution in [0.5, 0.6) is 0 Å². The second kappa shape index (κ2) is 5.30. The minimum absolute atomic E-state index is 0.171. The van der Waals surface area contributed by atoms with Crippen LogP contribution in [0.25, 0.3) is 11.0 Å². The highest BCUT2D eigenvalue weighted by atomic mass is 35.5. The van der Waals surface area contributed by atoms with Crippen molar-refractivity contribution in [3.05, 3.63) is 27.3 Å². The molecule has 3 heterocycles. The van der Waals surface area contributed by atoms with Gasteiger partial charge in [-0.15, -0.1) is 0 Å². The number of pyridine rings is 2. The number of nitrogen functional groups attached to an aromatic ring is 1. The van der Waals surface area contributed by atoms with Gasteiger partial charge in [-0.25, -0.2) is 9.97 Å². The van der Waals surface area contributed by atoms with Gasteiger partial charge >= 0.3 is 5.69 Å². The van der Waals surface area contributed by atoms with Crippen LogP contribution in [0.2, 0.25) is 5.02 Å². The third-order valence-corrected chi connectivity index (χ3v) is 3.59. The zero-order chi connectivity index (χ0) is 15.0. The van der Waals surface area contributed by atoms with E-state index < -0.39 is 4.92 Å². The van der Waals surface area contributed by atoms with Gasteiger partial charge in [-0.05, 0) is 0 Å². The van der Waals surface area contributed by atoms with E-state index in [0.717, 1.165) is 0 Å². The van der Waals surface area contributed by atoms with Gasteiger partial charge in [-0.2, -0.15) is 0 Å². The van der Waals surface area contributed by atoms with Crippen LogP contribution in [-0.4, -0.2) is 41.2 Å². The van der Waals surface area contributed by atoms with Crippen molar-refractivity contribution < 1.29 is 9.66 Å². The van der Waals surface area contributed by atoms with Gasteiger partial charge in [0.25, 0.3) is 0 Å². The number of halogens is 1. The Hall–Kier alpha value is -2.19. The average Bonchev–Trinajstić information content (AvgIpc) is 2.47. The predicted octanol–water partition coefficient (Wildman–Crippen LogP) is 1.61. The lowest BCUT2D eigenvalue weighted by Gasteiger charge is -2.28. The molecule has 3 rings (SSSR count). The molecule has 0 bridgehead atoms. The number of aromatic nitrogens is 2. The van der Waals surface area contributed by atoms with Crippen molar-refractivity contribution in [1.82, 2.24) is 9.97 Å². The highest BCUT2D eigenvalue weighted by molar-refractivity contribution is 6.35. The van der Waals surface area contributed by atoms with E-state index >= 15 is 0 Å². The summed E-state index contributed by atoms with van der Waals surface area (Å²) in [5.41, 5.74) is 5.62. The lowest BCUT2D eigenvalue weighted by Crippen LogP contribution is -2.36. The Kier molecular flexibility index (Phi) is 3.48. The van der Waals surface area contributed by atoms with E-state index in [4.69, 9.17) is 22.1 Å². The molecule has 1 aliphatic rings. The van der Waals surface area contributed by atoms with Crippen LogP contribution in [-0.2, 0) is 4.74 Å². The number of nitrogens with two attached hydrogens (primary N) is 1. The molecule has 1 saturated heterocycles. The van der Waals surface area contributed by atoms with Gasteiger partial charge in [0.15, 0.2) is 5.65 Å². The van der Waals surface area contributed by atoms with Gasteiger partial charge in [0.2, 0.25) is 5.82 Å². The van der Waals surface area contributed by atoms with Crippen molar-refractivity contribution in [2.75, 3.05) is 36.9 Å². The number of rotatable bonds is 2. The SMILES string of the molecule is Nc1nc2nc(N3CCOCC3)cc(Cl)c2cc1[N+](=O)[O-]. The zero-order valence-corrected chi connectivity index (χ0v) is 11.7. The Balaban J connectivity index is 2.11. The molecule has 21 heavy (non-hydrogen) atoms. The summed E-state index contributed by atoms with van der Waals surface area (Å²) < 4.78 is 5.29. The van der Waals surface area contributed by atoms with Gasteiger partial charge in [0.05, 0.1) is 23.2 Å². The Morgan fingerprint density at radius 2 is 2.05 bits per heavy atom. The van der Waals surface area contributed by atoms with E-state index in [2.05, 4.69) is 9.97 Å². The number of fused-ring (bicyclic) bond motifs is 1. The second-order valence-electron chi connectivity index (χ2n) is 4.58. The number of nitro groups is 1. The molecule has 0 saturated carbocycles. The Bertz CT molecular complexity index is 718. The number of hydrogen-bond donors (Lipinski definition) is 1. The van der Waals surface area contributed by atoms with E-state index in [-0.39, 0.29) is 11.5 Å². The molecule has 2 N–H and O–H groups in total. The number of nitrogens with zero attached hydrogens (tertiary/aromatic N) is 4. The number of morpholine rings is 1. The predicted molar refractivity (Wildman–Crippen MR) is 78.6 cm³/mol. The largest absolute Gasteiger partial charge is 0.378 e. The molecule has 1 aliphatic heterocycles. The van der Waals surface area contributed by atoms with Crippen LogP contribution < -0.4 is 10.6 Å². The summed E-state index contributed by atoms with van der Waals surface area (Å²) in [7, 11) is 0. The first-order chi connectivity index (χ1) is 10.1. The van der Waals surface area contributed by atoms with Crippen LogP contribution >= 0.6 is 11.6 Å². The summed E-state index contributed by atoms with van der Waals surface area (Å²) in [5.74, 6) is 0.492. The smallest absolute Gasteiger partial charge is 0.311 e. The first kappa shape index (κ1) is 13.8. The van der Waals surface area contributed by atoms with Gasteiger partial charge in [-0.1, -0.05) is 11.6 Å². The van der Waals surface area contributed by atoms with E-state index in [1.807, 2.05) is 4.90 Å². The third-order valence-electron chi connectivity index (χ3n) is 3.28. The summed E-state index contributed by atoms with van der Waals surface area (Å²) in [6.07, 6.45) is 0. The minimum atomic E-state index is -0.589. The molecule has 110 valence electrons. The molecule has 2 aromatic heterocycles. The number of hydrogen-bond acceptors (Lipinski definition) is 7.